The van der Waals surface area contributed by atoms with Crippen molar-refractivity contribution >= 4 is 16.0 Å². The van der Waals surface area contributed by atoms with E-state index in [1.807, 2.05) is 0 Å². The van der Waals surface area contributed by atoms with E-state index in [1.54, 1.807) is 0 Å². The Hall–Kier alpha value is -0.700. The number of hydrogen-bond acceptors (Lipinski definition) is 5. The third-order valence-corrected chi connectivity index (χ3v) is 9.00. The van der Waals surface area contributed by atoms with E-state index in [9.17, 15) is 28.0 Å². The zero-order valence-electron chi connectivity index (χ0n) is 27.8. The van der Waals surface area contributed by atoms with Crippen LogP contribution in [0.1, 0.15) is 175 Å². The van der Waals surface area contributed by atoms with Crippen molar-refractivity contribution in [1.29, 1.82) is 0 Å². The standard InChI is InChI=1S/C34H69NO6S/c1-29(2)23-19-15-11-7-5-9-13-17-21-25-31(36)27-34(38)35-32(28-42(39,40)41)33(37)26-22-18-14-10-6-8-12-16-20-24-30(3)4/h29-33,36-37H,5-28H2,1-4H3,(H,35,38)(H,39,40,41)/t31-,32+,33-/m1/s1. The van der Waals surface area contributed by atoms with E-state index in [-0.39, 0.29) is 6.42 Å². The van der Waals surface area contributed by atoms with Crippen LogP contribution in [0.4, 0.5) is 0 Å². The van der Waals surface area contributed by atoms with E-state index in [0.717, 1.165) is 56.8 Å². The Bertz CT molecular complexity index is 728. The molecule has 4 N–H and O–H groups in total. The summed E-state index contributed by atoms with van der Waals surface area (Å²) in [6, 6.07) is -1.09. The molecule has 3 atom stereocenters. The molecule has 0 aliphatic rings. The number of nitrogens with one attached hydrogen (secondary N) is 1. The fourth-order valence-corrected chi connectivity index (χ4v) is 6.33. The molecule has 0 aromatic heterocycles. The number of hydrogen-bond donors (Lipinski definition) is 4. The van der Waals surface area contributed by atoms with E-state index in [1.165, 1.54) is 83.5 Å². The lowest BCUT2D eigenvalue weighted by atomic mass is 10.0. The number of unbranched alkanes of at least 4 members (excludes halogenated alkanes) is 16. The second kappa shape index (κ2) is 26.7. The van der Waals surface area contributed by atoms with Crippen molar-refractivity contribution in [2.24, 2.45) is 11.8 Å². The lowest BCUT2D eigenvalue weighted by Gasteiger charge is -2.24. The molecule has 0 fully saturated rings. The van der Waals surface area contributed by atoms with Crippen molar-refractivity contribution < 1.29 is 28.0 Å². The van der Waals surface area contributed by atoms with Gasteiger partial charge in [-0.1, -0.05) is 156 Å². The average Bonchev–Trinajstić information content (AvgIpc) is 2.88. The van der Waals surface area contributed by atoms with Crippen LogP contribution in [0.25, 0.3) is 0 Å². The van der Waals surface area contributed by atoms with Crippen molar-refractivity contribution in [2.45, 2.75) is 194 Å². The normalized spacial score (nSPS) is 14.4. The molecule has 0 rings (SSSR count). The largest absolute Gasteiger partial charge is 0.393 e. The van der Waals surface area contributed by atoms with Crippen LogP contribution in [-0.4, -0.2) is 53.1 Å². The summed E-state index contributed by atoms with van der Waals surface area (Å²) in [6.07, 6.45) is 22.5. The van der Waals surface area contributed by atoms with Gasteiger partial charge in [-0.3, -0.25) is 9.35 Å². The van der Waals surface area contributed by atoms with E-state index >= 15 is 0 Å². The highest BCUT2D eigenvalue weighted by Gasteiger charge is 2.26. The molecule has 1 amide bonds. The highest BCUT2D eigenvalue weighted by Crippen LogP contribution is 2.16. The second-order valence-corrected chi connectivity index (χ2v) is 15.2. The van der Waals surface area contributed by atoms with Gasteiger partial charge in [-0.05, 0) is 24.7 Å². The Kier molecular flexibility index (Phi) is 26.2. The van der Waals surface area contributed by atoms with Gasteiger partial charge >= 0.3 is 0 Å². The molecule has 0 spiro atoms. The average molecular weight is 620 g/mol. The molecule has 0 aromatic rings. The van der Waals surface area contributed by atoms with Gasteiger partial charge in [0, 0.05) is 0 Å². The molecule has 0 aromatic carbocycles. The first-order valence-electron chi connectivity index (χ1n) is 17.5. The summed E-state index contributed by atoms with van der Waals surface area (Å²) in [4.78, 5) is 12.5. The summed E-state index contributed by atoms with van der Waals surface area (Å²) >= 11 is 0. The number of aliphatic hydroxyl groups is 2. The summed E-state index contributed by atoms with van der Waals surface area (Å²) in [5.74, 6) is 0.349. The van der Waals surface area contributed by atoms with Gasteiger partial charge in [-0.15, -0.1) is 0 Å². The predicted octanol–water partition coefficient (Wildman–Crippen LogP) is 8.37. The van der Waals surface area contributed by atoms with Gasteiger partial charge in [-0.2, -0.15) is 8.42 Å². The first-order valence-corrected chi connectivity index (χ1v) is 19.1. The molecular weight excluding hydrogens is 550 g/mol. The first-order chi connectivity index (χ1) is 19.9. The third kappa shape index (κ3) is 29.4. The number of carbonyl (C=O) groups is 1. The molecule has 7 nitrogen and oxygen atoms in total. The van der Waals surface area contributed by atoms with Gasteiger partial charge in [0.05, 0.1) is 30.4 Å². The Morgan fingerprint density at radius 3 is 1.26 bits per heavy atom. The summed E-state index contributed by atoms with van der Waals surface area (Å²) in [5, 5.41) is 23.4. The van der Waals surface area contributed by atoms with Gasteiger partial charge in [0.2, 0.25) is 5.91 Å². The number of aliphatic hydroxyl groups excluding tert-OH is 2. The van der Waals surface area contributed by atoms with Gasteiger partial charge in [0.1, 0.15) is 0 Å². The Morgan fingerprint density at radius 2 is 0.905 bits per heavy atom. The summed E-state index contributed by atoms with van der Waals surface area (Å²) in [6.45, 7) is 9.08. The van der Waals surface area contributed by atoms with Gasteiger partial charge < -0.3 is 15.5 Å². The predicted molar refractivity (Wildman–Crippen MR) is 176 cm³/mol. The minimum atomic E-state index is -4.37. The van der Waals surface area contributed by atoms with E-state index in [0.29, 0.717) is 12.8 Å². The van der Waals surface area contributed by atoms with Gasteiger partial charge in [0.15, 0.2) is 0 Å². The topological polar surface area (TPSA) is 124 Å². The van der Waals surface area contributed by atoms with Gasteiger partial charge in [-0.25, -0.2) is 0 Å². The van der Waals surface area contributed by atoms with Crippen LogP contribution in [0.5, 0.6) is 0 Å². The summed E-state index contributed by atoms with van der Waals surface area (Å²) in [5.41, 5.74) is 0. The molecule has 0 aliphatic heterocycles. The molecule has 0 saturated carbocycles. The molecular formula is C34H69NO6S. The lowest BCUT2D eigenvalue weighted by molar-refractivity contribution is -0.124. The van der Waals surface area contributed by atoms with Crippen molar-refractivity contribution in [3.63, 3.8) is 0 Å². The monoisotopic (exact) mass is 619 g/mol. The third-order valence-electron chi connectivity index (χ3n) is 8.22. The minimum absolute atomic E-state index is 0.136. The van der Waals surface area contributed by atoms with Gasteiger partial charge in [0.25, 0.3) is 10.1 Å². The zero-order valence-corrected chi connectivity index (χ0v) is 28.6. The summed E-state index contributed by atoms with van der Waals surface area (Å²) < 4.78 is 32.4. The lowest BCUT2D eigenvalue weighted by Crippen LogP contribution is -2.48. The molecule has 0 heterocycles. The molecule has 0 bridgehead atoms. The highest BCUT2D eigenvalue weighted by atomic mass is 32.2. The van der Waals surface area contributed by atoms with Crippen LogP contribution in [-0.2, 0) is 14.9 Å². The fraction of sp³-hybridized carbons (Fsp3) is 0.971. The van der Waals surface area contributed by atoms with E-state index in [2.05, 4.69) is 33.0 Å². The quantitative estimate of drug-likeness (QED) is 0.0473. The first kappa shape index (κ1) is 41.3. The molecule has 0 radical (unpaired) electrons. The maximum Gasteiger partial charge on any atom is 0.266 e. The van der Waals surface area contributed by atoms with Crippen LogP contribution in [0, 0.1) is 11.8 Å². The summed E-state index contributed by atoms with van der Waals surface area (Å²) in [7, 11) is -4.37. The SMILES string of the molecule is CC(C)CCCCCCCCCCC[C@@H](O)CC(=O)N[C@@H](CS(=O)(=O)O)[C@H](O)CCCCCCCCCCCC(C)C. The maximum atomic E-state index is 12.5. The zero-order chi connectivity index (χ0) is 31.6. The molecule has 0 saturated heterocycles. The van der Waals surface area contributed by atoms with E-state index in [4.69, 9.17) is 0 Å². The molecule has 42 heavy (non-hydrogen) atoms. The Morgan fingerprint density at radius 1 is 0.571 bits per heavy atom. The van der Waals surface area contributed by atoms with Crippen molar-refractivity contribution in [3.05, 3.63) is 0 Å². The van der Waals surface area contributed by atoms with E-state index < -0.39 is 40.0 Å². The van der Waals surface area contributed by atoms with Crippen LogP contribution in [0.3, 0.4) is 0 Å². The van der Waals surface area contributed by atoms with Crippen molar-refractivity contribution in [2.75, 3.05) is 5.75 Å². The fourth-order valence-electron chi connectivity index (χ4n) is 5.57. The maximum absolute atomic E-state index is 12.5. The van der Waals surface area contributed by atoms with Crippen LogP contribution >= 0.6 is 0 Å². The van der Waals surface area contributed by atoms with Crippen molar-refractivity contribution in [3.8, 4) is 0 Å². The Labute approximate surface area is 260 Å². The number of amides is 1. The second-order valence-electron chi connectivity index (χ2n) is 13.7. The van der Waals surface area contributed by atoms with Crippen LogP contribution in [0.15, 0.2) is 0 Å². The minimum Gasteiger partial charge on any atom is -0.393 e. The van der Waals surface area contributed by atoms with Crippen LogP contribution < -0.4 is 5.32 Å². The van der Waals surface area contributed by atoms with Crippen LogP contribution in [0.2, 0.25) is 0 Å². The smallest absolute Gasteiger partial charge is 0.266 e. The highest BCUT2D eigenvalue weighted by molar-refractivity contribution is 7.85. The molecule has 252 valence electrons. The molecule has 8 heteroatoms. The number of rotatable bonds is 30. The molecule has 0 unspecified atom stereocenters. The Balaban J connectivity index is 4.08. The van der Waals surface area contributed by atoms with Crippen molar-refractivity contribution in [1.82, 2.24) is 5.32 Å². The molecule has 0 aliphatic carbocycles. The number of carbonyl (C=O) groups excluding carboxylic acids is 1.